The molecule has 52 valence electrons. The summed E-state index contributed by atoms with van der Waals surface area (Å²) in [5.74, 6) is 0. The molecule has 0 aromatic carbocycles. The van der Waals surface area contributed by atoms with Crippen LogP contribution in [-0.4, -0.2) is 12.8 Å². The molecule has 2 N–H and O–H groups in total. The van der Waals surface area contributed by atoms with Gasteiger partial charge in [0.25, 0.3) is 0 Å². The average molecular weight is 126 g/mol. The van der Waals surface area contributed by atoms with E-state index in [-0.39, 0.29) is 0 Å². The zero-order valence-electron chi connectivity index (χ0n) is 6.09. The average Bonchev–Trinajstić information content (AvgIpc) is 1.88. The van der Waals surface area contributed by atoms with Gasteiger partial charge in [-0.15, -0.1) is 0 Å². The monoisotopic (exact) mass is 126 g/mol. The normalized spacial score (nSPS) is 12.9. The number of nitrogens with two attached hydrogens (primary N) is 1. The van der Waals surface area contributed by atoms with Crippen LogP contribution in [0, 0.1) is 0 Å². The molecule has 0 saturated carbocycles. The van der Waals surface area contributed by atoms with Gasteiger partial charge < -0.3 is 5.73 Å². The number of nitrogens with zero attached hydrogens (tertiary/aromatic N) is 1. The molecular formula is C7H14N2. The van der Waals surface area contributed by atoms with E-state index in [1.165, 1.54) is 6.20 Å². The summed E-state index contributed by atoms with van der Waals surface area (Å²) in [5, 5.41) is 0. The van der Waals surface area contributed by atoms with Crippen LogP contribution in [0.4, 0.5) is 0 Å². The van der Waals surface area contributed by atoms with Crippen molar-refractivity contribution >= 4 is 5.71 Å². The molecule has 9 heavy (non-hydrogen) atoms. The van der Waals surface area contributed by atoms with Gasteiger partial charge in [0.1, 0.15) is 0 Å². The van der Waals surface area contributed by atoms with Gasteiger partial charge in [-0.25, -0.2) is 0 Å². The first-order chi connectivity index (χ1) is 4.35. The van der Waals surface area contributed by atoms with Gasteiger partial charge in [0.2, 0.25) is 0 Å². The lowest BCUT2D eigenvalue weighted by atomic mass is 10.2. The molecule has 0 aromatic heterocycles. The van der Waals surface area contributed by atoms with Crippen LogP contribution >= 0.6 is 0 Å². The van der Waals surface area contributed by atoms with E-state index in [4.69, 9.17) is 5.73 Å². The molecule has 0 bridgehead atoms. The summed E-state index contributed by atoms with van der Waals surface area (Å²) in [6, 6.07) is 0. The molecule has 0 aliphatic carbocycles. The van der Waals surface area contributed by atoms with E-state index in [1.54, 1.807) is 7.05 Å². The summed E-state index contributed by atoms with van der Waals surface area (Å²) < 4.78 is 0. The number of hydrogen-bond acceptors (Lipinski definition) is 2. The molecule has 0 spiro atoms. The number of rotatable bonds is 3. The molecule has 0 aliphatic rings. The summed E-state index contributed by atoms with van der Waals surface area (Å²) >= 11 is 0. The predicted molar refractivity (Wildman–Crippen MR) is 41.6 cm³/mol. The lowest BCUT2D eigenvalue weighted by Gasteiger charge is -1.93. The van der Waals surface area contributed by atoms with Crippen LogP contribution < -0.4 is 5.73 Å². The van der Waals surface area contributed by atoms with Crippen molar-refractivity contribution in [1.82, 2.24) is 0 Å². The Hall–Kier alpha value is -0.790. The van der Waals surface area contributed by atoms with Gasteiger partial charge in [-0.3, -0.25) is 4.99 Å². The van der Waals surface area contributed by atoms with E-state index >= 15 is 0 Å². The Kier molecular flexibility index (Phi) is 4.88. The van der Waals surface area contributed by atoms with E-state index in [2.05, 4.69) is 11.9 Å². The highest BCUT2D eigenvalue weighted by molar-refractivity contribution is 5.94. The molecule has 0 heterocycles. The maximum atomic E-state index is 5.17. The van der Waals surface area contributed by atoms with Crippen molar-refractivity contribution in [1.29, 1.82) is 0 Å². The SMILES string of the molecule is CCCC(/C=C\N)=NC. The minimum Gasteiger partial charge on any atom is -0.405 e. The third kappa shape index (κ3) is 3.76. The summed E-state index contributed by atoms with van der Waals surface area (Å²) in [7, 11) is 1.78. The molecule has 2 heteroatoms. The van der Waals surface area contributed by atoms with E-state index in [0.29, 0.717) is 0 Å². The summed E-state index contributed by atoms with van der Waals surface area (Å²) in [6.07, 6.45) is 5.50. The summed E-state index contributed by atoms with van der Waals surface area (Å²) in [4.78, 5) is 4.02. The Morgan fingerprint density at radius 1 is 1.67 bits per heavy atom. The highest BCUT2D eigenvalue weighted by Crippen LogP contribution is 1.91. The third-order valence-electron chi connectivity index (χ3n) is 1.08. The third-order valence-corrected chi connectivity index (χ3v) is 1.08. The zero-order valence-corrected chi connectivity index (χ0v) is 6.09. The van der Waals surface area contributed by atoms with Crippen LogP contribution in [0.25, 0.3) is 0 Å². The van der Waals surface area contributed by atoms with E-state index < -0.39 is 0 Å². The second-order valence-corrected chi connectivity index (χ2v) is 1.82. The molecule has 0 radical (unpaired) electrons. The van der Waals surface area contributed by atoms with Crippen LogP contribution in [0.5, 0.6) is 0 Å². The van der Waals surface area contributed by atoms with Crippen molar-refractivity contribution in [2.45, 2.75) is 19.8 Å². The molecule has 0 aliphatic heterocycles. The van der Waals surface area contributed by atoms with Crippen LogP contribution in [0.15, 0.2) is 17.3 Å². The van der Waals surface area contributed by atoms with Crippen molar-refractivity contribution in [2.75, 3.05) is 7.05 Å². The lowest BCUT2D eigenvalue weighted by molar-refractivity contribution is 0.992. The number of allylic oxidation sites excluding steroid dienone is 1. The Labute approximate surface area is 56.5 Å². The van der Waals surface area contributed by atoms with Gasteiger partial charge in [0.05, 0.1) is 0 Å². The Morgan fingerprint density at radius 3 is 2.67 bits per heavy atom. The van der Waals surface area contributed by atoms with Crippen molar-refractivity contribution in [2.24, 2.45) is 10.7 Å². The molecule has 2 nitrogen and oxygen atoms in total. The fourth-order valence-corrected chi connectivity index (χ4v) is 0.637. The molecule has 0 saturated heterocycles. The van der Waals surface area contributed by atoms with Gasteiger partial charge in [-0.2, -0.15) is 0 Å². The predicted octanol–water partition coefficient (Wildman–Crippen LogP) is 1.33. The van der Waals surface area contributed by atoms with Gasteiger partial charge in [0.15, 0.2) is 0 Å². The second kappa shape index (κ2) is 5.35. The molecule has 0 fully saturated rings. The van der Waals surface area contributed by atoms with Gasteiger partial charge in [0, 0.05) is 12.8 Å². The first kappa shape index (κ1) is 8.21. The second-order valence-electron chi connectivity index (χ2n) is 1.82. The Morgan fingerprint density at radius 2 is 2.33 bits per heavy atom. The van der Waals surface area contributed by atoms with Crippen LogP contribution in [0.1, 0.15) is 19.8 Å². The van der Waals surface area contributed by atoms with Gasteiger partial charge >= 0.3 is 0 Å². The van der Waals surface area contributed by atoms with Crippen molar-refractivity contribution in [3.05, 3.63) is 12.3 Å². The first-order valence-corrected chi connectivity index (χ1v) is 3.19. The summed E-state index contributed by atoms with van der Waals surface area (Å²) in [5.41, 5.74) is 6.24. The van der Waals surface area contributed by atoms with Crippen molar-refractivity contribution < 1.29 is 0 Å². The van der Waals surface area contributed by atoms with Crippen molar-refractivity contribution in [3.63, 3.8) is 0 Å². The summed E-state index contributed by atoms with van der Waals surface area (Å²) in [6.45, 7) is 2.12. The quantitative estimate of drug-likeness (QED) is 0.569. The smallest absolute Gasteiger partial charge is 0.0359 e. The van der Waals surface area contributed by atoms with E-state index in [0.717, 1.165) is 18.6 Å². The molecule has 0 aromatic rings. The van der Waals surface area contributed by atoms with Crippen LogP contribution in [0.3, 0.4) is 0 Å². The number of aliphatic imine (C=N–C) groups is 1. The maximum absolute atomic E-state index is 5.17. The molecular weight excluding hydrogens is 112 g/mol. The number of hydrogen-bond donors (Lipinski definition) is 1. The molecule has 0 rings (SSSR count). The fraction of sp³-hybridized carbons (Fsp3) is 0.571. The van der Waals surface area contributed by atoms with Crippen LogP contribution in [0.2, 0.25) is 0 Å². The molecule has 0 amide bonds. The molecule has 0 atom stereocenters. The van der Waals surface area contributed by atoms with Crippen molar-refractivity contribution in [3.8, 4) is 0 Å². The fourth-order valence-electron chi connectivity index (χ4n) is 0.637. The van der Waals surface area contributed by atoms with E-state index in [1.807, 2.05) is 6.08 Å². The lowest BCUT2D eigenvalue weighted by Crippen LogP contribution is -1.93. The maximum Gasteiger partial charge on any atom is 0.0359 e. The Bertz CT molecular complexity index is 114. The van der Waals surface area contributed by atoms with E-state index in [9.17, 15) is 0 Å². The van der Waals surface area contributed by atoms with Gasteiger partial charge in [-0.05, 0) is 18.7 Å². The molecule has 0 unspecified atom stereocenters. The highest BCUT2D eigenvalue weighted by atomic mass is 14.7. The Balaban J connectivity index is 3.70. The first-order valence-electron chi connectivity index (χ1n) is 3.19. The largest absolute Gasteiger partial charge is 0.405 e. The highest BCUT2D eigenvalue weighted by Gasteiger charge is 1.87. The minimum atomic E-state index is 1.02. The zero-order chi connectivity index (χ0) is 7.11. The topological polar surface area (TPSA) is 38.4 Å². The minimum absolute atomic E-state index is 1.02. The van der Waals surface area contributed by atoms with Crippen LogP contribution in [-0.2, 0) is 0 Å². The standard InChI is InChI=1S/C7H14N2/c1-3-4-7(9-2)5-6-8/h5-6H,3-4,8H2,1-2H3/b6-5-,9-7?. The van der Waals surface area contributed by atoms with Gasteiger partial charge in [-0.1, -0.05) is 13.3 Å².